The molecule has 2 aromatic rings. The maximum absolute atomic E-state index is 6.27. The lowest BCUT2D eigenvalue weighted by atomic mass is 10.00. The number of allylic oxidation sites excluding steroid dienone is 1. The molecular formula is C20H21ClN2. The van der Waals surface area contributed by atoms with Gasteiger partial charge in [-0.3, -0.25) is 4.99 Å². The van der Waals surface area contributed by atoms with Crippen molar-refractivity contribution in [2.45, 2.75) is 13.8 Å². The van der Waals surface area contributed by atoms with Gasteiger partial charge in [0.25, 0.3) is 0 Å². The van der Waals surface area contributed by atoms with E-state index in [0.29, 0.717) is 0 Å². The normalized spacial score (nSPS) is 13.9. The summed E-state index contributed by atoms with van der Waals surface area (Å²) in [6, 6.07) is 16.4. The van der Waals surface area contributed by atoms with Gasteiger partial charge in [0, 0.05) is 34.9 Å². The first-order chi connectivity index (χ1) is 11.1. The molecule has 0 fully saturated rings. The number of benzene rings is 2. The van der Waals surface area contributed by atoms with Gasteiger partial charge in [0.2, 0.25) is 0 Å². The molecule has 0 saturated carbocycles. The van der Waals surface area contributed by atoms with E-state index < -0.39 is 0 Å². The van der Waals surface area contributed by atoms with E-state index >= 15 is 0 Å². The number of nitrogens with zero attached hydrogens (tertiary/aromatic N) is 2. The molecule has 3 rings (SSSR count). The monoisotopic (exact) mass is 324 g/mol. The molecule has 0 atom stereocenters. The summed E-state index contributed by atoms with van der Waals surface area (Å²) >= 11 is 6.27. The van der Waals surface area contributed by atoms with Crippen LogP contribution in [0.1, 0.15) is 25.0 Å². The highest BCUT2D eigenvalue weighted by Crippen LogP contribution is 2.29. The topological polar surface area (TPSA) is 15.6 Å². The molecular weight excluding hydrogens is 304 g/mol. The molecule has 0 bridgehead atoms. The van der Waals surface area contributed by atoms with Crippen LogP contribution in [0.25, 0.3) is 0 Å². The Bertz CT molecular complexity index is 743. The van der Waals surface area contributed by atoms with Gasteiger partial charge in [0.05, 0.1) is 12.3 Å². The highest BCUT2D eigenvalue weighted by Gasteiger charge is 2.19. The number of hydrogen-bond acceptors (Lipinski definition) is 2. The van der Waals surface area contributed by atoms with Crippen LogP contribution in [0.15, 0.2) is 65.2 Å². The quantitative estimate of drug-likeness (QED) is 0.728. The van der Waals surface area contributed by atoms with Crippen molar-refractivity contribution in [3.8, 4) is 0 Å². The average molecular weight is 325 g/mol. The summed E-state index contributed by atoms with van der Waals surface area (Å²) in [7, 11) is 0. The predicted octanol–water partition coefficient (Wildman–Crippen LogP) is 4.96. The molecule has 3 heteroatoms. The van der Waals surface area contributed by atoms with Gasteiger partial charge in [-0.15, -0.1) is 0 Å². The zero-order chi connectivity index (χ0) is 16.2. The van der Waals surface area contributed by atoms with Crippen molar-refractivity contribution in [1.29, 1.82) is 0 Å². The molecule has 2 aromatic carbocycles. The highest BCUT2D eigenvalue weighted by atomic mass is 35.5. The number of rotatable bonds is 3. The second-order valence-electron chi connectivity index (χ2n) is 5.99. The zero-order valence-corrected chi connectivity index (χ0v) is 14.3. The van der Waals surface area contributed by atoms with Crippen molar-refractivity contribution in [3.63, 3.8) is 0 Å². The molecule has 0 N–H and O–H groups in total. The molecule has 0 spiro atoms. The standard InChI is InChI=1S/C20H21ClN2/c1-15(2)10-12-23-13-11-22-20(16-6-4-3-5-7-16)18-14-17(21)8-9-19(18)23/h3-10,14H,11-13H2,1-2H3. The molecule has 1 heterocycles. The van der Waals surface area contributed by atoms with Gasteiger partial charge in [0.1, 0.15) is 0 Å². The molecule has 0 radical (unpaired) electrons. The number of fused-ring (bicyclic) bond motifs is 1. The molecule has 118 valence electrons. The molecule has 1 aliphatic heterocycles. The number of benzodiazepines with no additional fused rings is 1. The van der Waals surface area contributed by atoms with Gasteiger partial charge in [-0.05, 0) is 32.0 Å². The minimum absolute atomic E-state index is 0.747. The fourth-order valence-corrected chi connectivity index (χ4v) is 2.96. The van der Waals surface area contributed by atoms with Crippen molar-refractivity contribution in [2.75, 3.05) is 24.5 Å². The van der Waals surface area contributed by atoms with Crippen LogP contribution < -0.4 is 4.90 Å². The van der Waals surface area contributed by atoms with Crippen molar-refractivity contribution >= 4 is 23.0 Å². The van der Waals surface area contributed by atoms with Crippen LogP contribution >= 0.6 is 11.6 Å². The summed E-state index contributed by atoms with van der Waals surface area (Å²) in [5, 5.41) is 0.747. The summed E-state index contributed by atoms with van der Waals surface area (Å²) < 4.78 is 0. The van der Waals surface area contributed by atoms with Crippen molar-refractivity contribution in [1.82, 2.24) is 0 Å². The Morgan fingerprint density at radius 3 is 2.70 bits per heavy atom. The van der Waals surface area contributed by atoms with Crippen LogP contribution in [0.5, 0.6) is 0 Å². The van der Waals surface area contributed by atoms with E-state index in [2.05, 4.69) is 43.0 Å². The summed E-state index contributed by atoms with van der Waals surface area (Å²) in [5.41, 5.74) is 5.81. The van der Waals surface area contributed by atoms with Gasteiger partial charge >= 0.3 is 0 Å². The van der Waals surface area contributed by atoms with Crippen LogP contribution in [0, 0.1) is 0 Å². The maximum Gasteiger partial charge on any atom is 0.0741 e. The lowest BCUT2D eigenvalue weighted by molar-refractivity contribution is 0.851. The smallest absolute Gasteiger partial charge is 0.0741 e. The van der Waals surface area contributed by atoms with Crippen molar-refractivity contribution < 1.29 is 0 Å². The Morgan fingerprint density at radius 1 is 1.17 bits per heavy atom. The number of hydrogen-bond donors (Lipinski definition) is 0. The minimum atomic E-state index is 0.747. The molecule has 23 heavy (non-hydrogen) atoms. The first-order valence-corrected chi connectivity index (χ1v) is 8.31. The van der Waals surface area contributed by atoms with E-state index in [1.807, 2.05) is 30.3 Å². The predicted molar refractivity (Wildman–Crippen MR) is 100 cm³/mol. The highest BCUT2D eigenvalue weighted by molar-refractivity contribution is 6.31. The second-order valence-corrected chi connectivity index (χ2v) is 6.42. The Kier molecular flexibility index (Phi) is 4.82. The van der Waals surface area contributed by atoms with E-state index in [1.54, 1.807) is 0 Å². The maximum atomic E-state index is 6.27. The first kappa shape index (κ1) is 15.8. The van der Waals surface area contributed by atoms with E-state index in [4.69, 9.17) is 16.6 Å². The third-order valence-electron chi connectivity index (χ3n) is 3.96. The Balaban J connectivity index is 2.07. The molecule has 0 saturated heterocycles. The van der Waals surface area contributed by atoms with Gasteiger partial charge in [-0.2, -0.15) is 0 Å². The minimum Gasteiger partial charge on any atom is -0.365 e. The summed E-state index contributed by atoms with van der Waals surface area (Å²) in [5.74, 6) is 0. The third kappa shape index (κ3) is 3.65. The van der Waals surface area contributed by atoms with Crippen LogP contribution in [-0.4, -0.2) is 25.3 Å². The van der Waals surface area contributed by atoms with Crippen LogP contribution in [0.3, 0.4) is 0 Å². The number of halogens is 1. The summed E-state index contributed by atoms with van der Waals surface area (Å²) in [4.78, 5) is 7.22. The molecule has 2 nitrogen and oxygen atoms in total. The van der Waals surface area contributed by atoms with Gasteiger partial charge < -0.3 is 4.90 Å². The lowest BCUT2D eigenvalue weighted by Crippen LogP contribution is -2.26. The van der Waals surface area contributed by atoms with Crippen molar-refractivity contribution in [3.05, 3.63) is 76.3 Å². The Hall–Kier alpha value is -2.06. The van der Waals surface area contributed by atoms with Gasteiger partial charge in [-0.1, -0.05) is 53.6 Å². The molecule has 1 aliphatic rings. The number of anilines is 1. The second kappa shape index (κ2) is 7.01. The Labute approximate surface area is 143 Å². The fourth-order valence-electron chi connectivity index (χ4n) is 2.79. The van der Waals surface area contributed by atoms with E-state index in [9.17, 15) is 0 Å². The lowest BCUT2D eigenvalue weighted by Gasteiger charge is -2.24. The van der Waals surface area contributed by atoms with Crippen LogP contribution in [0.4, 0.5) is 5.69 Å². The molecule has 0 aliphatic carbocycles. The van der Waals surface area contributed by atoms with Gasteiger partial charge in [0.15, 0.2) is 0 Å². The molecule has 0 aromatic heterocycles. The van der Waals surface area contributed by atoms with Crippen molar-refractivity contribution in [2.24, 2.45) is 4.99 Å². The zero-order valence-electron chi connectivity index (χ0n) is 13.6. The first-order valence-electron chi connectivity index (χ1n) is 7.93. The SMILES string of the molecule is CC(C)=CCN1CCN=C(c2ccccc2)c2cc(Cl)ccc21. The van der Waals surface area contributed by atoms with Gasteiger partial charge in [-0.25, -0.2) is 0 Å². The fraction of sp³-hybridized carbons (Fsp3) is 0.250. The Morgan fingerprint density at radius 2 is 1.96 bits per heavy atom. The average Bonchev–Trinajstić information content (AvgIpc) is 2.72. The van der Waals surface area contributed by atoms with Crippen LogP contribution in [0.2, 0.25) is 5.02 Å². The summed E-state index contributed by atoms with van der Waals surface area (Å²) in [6.07, 6.45) is 2.26. The number of aliphatic imine (C=N–C) groups is 1. The van der Waals surface area contributed by atoms with E-state index in [-0.39, 0.29) is 0 Å². The third-order valence-corrected chi connectivity index (χ3v) is 4.20. The van der Waals surface area contributed by atoms with E-state index in [1.165, 1.54) is 11.3 Å². The molecule has 0 amide bonds. The van der Waals surface area contributed by atoms with E-state index in [0.717, 1.165) is 41.5 Å². The van der Waals surface area contributed by atoms with Crippen LogP contribution in [-0.2, 0) is 0 Å². The largest absolute Gasteiger partial charge is 0.365 e. The molecule has 0 unspecified atom stereocenters. The summed E-state index contributed by atoms with van der Waals surface area (Å²) in [6.45, 7) is 6.86.